The van der Waals surface area contributed by atoms with Gasteiger partial charge in [0, 0.05) is 26.6 Å². The molecular weight excluding hydrogens is 473 g/mol. The van der Waals surface area contributed by atoms with Crippen LogP contribution in [-0.4, -0.2) is 24.9 Å². The molecule has 3 N–H and O–H groups in total. The van der Waals surface area contributed by atoms with Gasteiger partial charge in [-0.15, -0.1) is 11.8 Å². The van der Waals surface area contributed by atoms with Gasteiger partial charge >= 0.3 is 51.4 Å². The molecule has 8 heteroatoms. The third-order valence-corrected chi connectivity index (χ3v) is 3.91. The monoisotopic (exact) mass is 511 g/mol. The van der Waals surface area contributed by atoms with Gasteiger partial charge in [-0.1, -0.05) is 60.3 Å². The molecule has 1 heterocycles. The van der Waals surface area contributed by atoms with Gasteiger partial charge in [-0.05, 0) is 39.9 Å². The van der Waals surface area contributed by atoms with Crippen molar-refractivity contribution in [3.8, 4) is 5.95 Å². The first-order chi connectivity index (χ1) is 13.2. The molecule has 0 aliphatic rings. The molecule has 0 spiro atoms. The number of amides is 1. The number of carbonyl (C=O) groups excluding carboxylic acids is 1. The van der Waals surface area contributed by atoms with Gasteiger partial charge in [0.15, 0.2) is 4.67 Å². The van der Waals surface area contributed by atoms with Crippen molar-refractivity contribution in [2.45, 2.75) is 54.9 Å². The summed E-state index contributed by atoms with van der Waals surface area (Å²) in [7, 11) is 3.50. The molecule has 0 bridgehead atoms. The molecule has 0 fully saturated rings. The maximum Gasteiger partial charge on any atom is 1.00 e. The molecule has 1 amide bonds. The van der Waals surface area contributed by atoms with E-state index in [0.29, 0.717) is 16.8 Å². The second kappa shape index (κ2) is 20.5. The average molecular weight is 513 g/mol. The van der Waals surface area contributed by atoms with Crippen LogP contribution in [0.1, 0.15) is 54.9 Å². The molecule has 6 nitrogen and oxygen atoms in total. The zero-order valence-corrected chi connectivity index (χ0v) is 25.2. The summed E-state index contributed by atoms with van der Waals surface area (Å²) in [6, 6.07) is 3.39. The fourth-order valence-corrected chi connectivity index (χ4v) is 2.23. The second-order valence-electron chi connectivity index (χ2n) is 6.11. The van der Waals surface area contributed by atoms with Crippen molar-refractivity contribution < 1.29 is 65.4 Å². The van der Waals surface area contributed by atoms with E-state index >= 15 is 0 Å². The SMILES string of the molecule is C=C/C(=C\C(=C/C)[N-]Oc1ccc(Br)o1)C(C)(C)CC(=O)N(C)C.CC.CC.N.[K+]. The molecule has 0 aromatic carbocycles. The van der Waals surface area contributed by atoms with Crippen LogP contribution in [0.4, 0.5) is 0 Å². The molecule has 1 rings (SSSR count). The van der Waals surface area contributed by atoms with E-state index in [1.165, 1.54) is 0 Å². The van der Waals surface area contributed by atoms with Crippen LogP contribution in [0.2, 0.25) is 0 Å². The second-order valence-corrected chi connectivity index (χ2v) is 6.89. The Labute approximate surface area is 234 Å². The zero-order chi connectivity index (χ0) is 22.3. The van der Waals surface area contributed by atoms with E-state index in [2.05, 4.69) is 28.0 Å². The van der Waals surface area contributed by atoms with E-state index in [0.717, 1.165) is 5.57 Å². The first-order valence-electron chi connectivity index (χ1n) is 9.54. The molecule has 0 saturated carbocycles. The molecule has 0 saturated heterocycles. The summed E-state index contributed by atoms with van der Waals surface area (Å²) < 4.78 is 5.81. The van der Waals surface area contributed by atoms with Crippen LogP contribution >= 0.6 is 15.9 Å². The van der Waals surface area contributed by atoms with E-state index in [1.807, 2.05) is 60.6 Å². The molecule has 0 aliphatic carbocycles. The minimum Gasteiger partial charge on any atom is -0.530 e. The molecule has 1 aromatic rings. The van der Waals surface area contributed by atoms with Gasteiger partial charge in [-0.3, -0.25) is 4.79 Å². The summed E-state index contributed by atoms with van der Waals surface area (Å²) in [6.45, 7) is 17.7. The van der Waals surface area contributed by atoms with Crippen LogP contribution in [0.5, 0.6) is 5.95 Å². The van der Waals surface area contributed by atoms with Crippen molar-refractivity contribution in [3.63, 3.8) is 0 Å². The van der Waals surface area contributed by atoms with Crippen molar-refractivity contribution >= 4 is 21.8 Å². The van der Waals surface area contributed by atoms with E-state index < -0.39 is 0 Å². The molecule has 168 valence electrons. The van der Waals surface area contributed by atoms with E-state index in [-0.39, 0.29) is 74.8 Å². The van der Waals surface area contributed by atoms with E-state index in [1.54, 1.807) is 37.2 Å². The Balaban J connectivity index is -0.000000529. The number of furan rings is 1. The van der Waals surface area contributed by atoms with Crippen molar-refractivity contribution in [1.29, 1.82) is 0 Å². The van der Waals surface area contributed by atoms with Gasteiger partial charge in [0.1, 0.15) is 0 Å². The number of halogens is 1. The summed E-state index contributed by atoms with van der Waals surface area (Å²) in [5.74, 6) is 0.347. The fraction of sp³-hybridized carbons (Fsp3) is 0.500. The number of nitrogens with zero attached hydrogens (tertiary/aromatic N) is 2. The minimum atomic E-state index is -0.374. The largest absolute Gasteiger partial charge is 1.00 e. The standard InChI is InChI=1S/C18H24BrN2O3.2C2H6.K.H3N/c1-7-13(18(3,4)12-16(22)21(5)6)11-14(8-2)20-24-17-10-9-15(19)23-17;2*1-2;;/h7-11H,1,12H2,2-6H3;2*1-2H3;;1H3/q-1;;;+1;/b13-11+,14-8+;;;;. The maximum atomic E-state index is 12.0. The van der Waals surface area contributed by atoms with Crippen molar-refractivity contribution in [3.05, 3.63) is 58.4 Å². The minimum absolute atomic E-state index is 0. The fourth-order valence-electron chi connectivity index (χ4n) is 1.93. The molecule has 30 heavy (non-hydrogen) atoms. The molecule has 0 atom stereocenters. The third-order valence-electron chi connectivity index (χ3n) is 3.48. The van der Waals surface area contributed by atoms with E-state index in [4.69, 9.17) is 9.25 Å². The zero-order valence-electron chi connectivity index (χ0n) is 20.5. The quantitative estimate of drug-likeness (QED) is 0.317. The normalized spacial score (nSPS) is 10.6. The topological polar surface area (TPSA) is 91.8 Å². The number of allylic oxidation sites excluding steroid dienone is 4. The van der Waals surface area contributed by atoms with Gasteiger partial charge in [-0.2, -0.15) is 0 Å². The Morgan fingerprint density at radius 1 is 1.27 bits per heavy atom. The van der Waals surface area contributed by atoms with Gasteiger partial charge < -0.3 is 25.8 Å². The van der Waals surface area contributed by atoms with Crippen LogP contribution in [-0.2, 0) is 4.79 Å². The van der Waals surface area contributed by atoms with Crippen LogP contribution in [0.15, 0.2) is 57.3 Å². The Morgan fingerprint density at radius 3 is 2.17 bits per heavy atom. The van der Waals surface area contributed by atoms with Gasteiger partial charge in [0.25, 0.3) is 5.95 Å². The summed E-state index contributed by atoms with van der Waals surface area (Å²) in [4.78, 5) is 18.9. The number of hydroxylamine groups is 1. The smallest absolute Gasteiger partial charge is 0.530 e. The van der Waals surface area contributed by atoms with Crippen molar-refractivity contribution in [1.82, 2.24) is 11.1 Å². The molecule has 0 unspecified atom stereocenters. The molecular formula is C22H39BrKN3O3. The van der Waals surface area contributed by atoms with Crippen molar-refractivity contribution in [2.24, 2.45) is 5.41 Å². The number of hydrogen-bond donors (Lipinski definition) is 1. The summed E-state index contributed by atoms with van der Waals surface area (Å²) >= 11 is 3.20. The number of hydrogen-bond acceptors (Lipinski definition) is 4. The van der Waals surface area contributed by atoms with Crippen LogP contribution in [0.25, 0.3) is 5.48 Å². The average Bonchev–Trinajstić information content (AvgIpc) is 3.09. The van der Waals surface area contributed by atoms with Crippen molar-refractivity contribution in [2.75, 3.05) is 14.1 Å². The number of rotatable bonds is 8. The Morgan fingerprint density at radius 2 is 1.80 bits per heavy atom. The van der Waals surface area contributed by atoms with E-state index in [9.17, 15) is 4.79 Å². The Kier molecular flexibility index (Phi) is 25.3. The Bertz CT molecular complexity index is 654. The first-order valence-corrected chi connectivity index (χ1v) is 10.3. The summed E-state index contributed by atoms with van der Waals surface area (Å²) in [5, 5.41) is 0. The van der Waals surface area contributed by atoms with Crippen LogP contribution in [0, 0.1) is 5.41 Å². The van der Waals surface area contributed by atoms with Crippen LogP contribution < -0.4 is 62.4 Å². The Hall–Kier alpha value is -0.354. The third kappa shape index (κ3) is 14.6. The summed E-state index contributed by atoms with van der Waals surface area (Å²) in [6.07, 6.45) is 5.78. The predicted octanol–water partition coefficient (Wildman–Crippen LogP) is 4.45. The maximum absolute atomic E-state index is 12.0. The van der Waals surface area contributed by atoms with Crippen LogP contribution in [0.3, 0.4) is 0 Å². The predicted molar refractivity (Wildman–Crippen MR) is 127 cm³/mol. The number of carbonyl (C=O) groups is 1. The van der Waals surface area contributed by atoms with Gasteiger partial charge in [0.05, 0.1) is 0 Å². The summed E-state index contributed by atoms with van der Waals surface area (Å²) in [5.41, 5.74) is 5.21. The molecule has 1 aromatic heterocycles. The van der Waals surface area contributed by atoms with Gasteiger partial charge in [0.2, 0.25) is 5.91 Å². The van der Waals surface area contributed by atoms with Gasteiger partial charge in [-0.25, -0.2) is 0 Å². The molecule has 0 radical (unpaired) electrons. The first kappa shape index (κ1) is 37.0. The molecule has 0 aliphatic heterocycles.